The molecule has 2 aromatic rings. The summed E-state index contributed by atoms with van der Waals surface area (Å²) < 4.78 is 12.8. The molecule has 1 aromatic heterocycles. The van der Waals surface area contributed by atoms with Crippen LogP contribution in [-0.4, -0.2) is 16.1 Å². The summed E-state index contributed by atoms with van der Waals surface area (Å²) >= 11 is 1.57. The van der Waals surface area contributed by atoms with Gasteiger partial charge in [-0.2, -0.15) is 0 Å². The lowest BCUT2D eigenvalue weighted by Gasteiger charge is -2.01. The van der Waals surface area contributed by atoms with E-state index < -0.39 is 11.9 Å². The fraction of sp³-hybridized carbons (Fsp3) is 0.286. The van der Waals surface area contributed by atoms with Gasteiger partial charge < -0.3 is 5.11 Å². The summed E-state index contributed by atoms with van der Waals surface area (Å²) in [5.41, 5.74) is 1.72. The van der Waals surface area contributed by atoms with Crippen LogP contribution in [-0.2, 0) is 17.6 Å². The first kappa shape index (κ1) is 12.3. The number of fused-ring (bicyclic) bond motifs is 1. The standard InChI is InChI=1S/C14H12FNO2S/c15-9-3-1-8(2-4-9)7-12-16-13-10(14(17)18)5-6-11(13)19-12/h1-4,10H,5-7H2,(H,17,18). The summed E-state index contributed by atoms with van der Waals surface area (Å²) in [5, 5.41) is 10.0. The van der Waals surface area contributed by atoms with Crippen LogP contribution in [0, 0.1) is 5.82 Å². The molecule has 1 aliphatic carbocycles. The van der Waals surface area contributed by atoms with Gasteiger partial charge in [-0.25, -0.2) is 9.37 Å². The van der Waals surface area contributed by atoms with Gasteiger partial charge in [-0.1, -0.05) is 12.1 Å². The van der Waals surface area contributed by atoms with Crippen molar-refractivity contribution < 1.29 is 14.3 Å². The Morgan fingerprint density at radius 1 is 1.42 bits per heavy atom. The minimum absolute atomic E-state index is 0.253. The molecule has 0 saturated carbocycles. The Kier molecular flexibility index (Phi) is 3.06. The molecule has 0 amide bonds. The van der Waals surface area contributed by atoms with Crippen molar-refractivity contribution in [2.75, 3.05) is 0 Å². The molecule has 1 aromatic carbocycles. The summed E-state index contributed by atoms with van der Waals surface area (Å²) in [6.07, 6.45) is 2.08. The summed E-state index contributed by atoms with van der Waals surface area (Å²) in [6, 6.07) is 6.32. The third kappa shape index (κ3) is 2.38. The van der Waals surface area contributed by atoms with Crippen molar-refractivity contribution in [1.29, 1.82) is 0 Å². The number of rotatable bonds is 3. The SMILES string of the molecule is O=C(O)C1CCc2sc(Cc3ccc(F)cc3)nc21. The highest BCUT2D eigenvalue weighted by molar-refractivity contribution is 7.11. The molecule has 3 nitrogen and oxygen atoms in total. The van der Waals surface area contributed by atoms with Crippen molar-refractivity contribution in [3.05, 3.63) is 51.2 Å². The summed E-state index contributed by atoms with van der Waals surface area (Å²) in [6.45, 7) is 0. The maximum absolute atomic E-state index is 12.8. The van der Waals surface area contributed by atoms with E-state index >= 15 is 0 Å². The second-order valence-electron chi connectivity index (χ2n) is 4.65. The number of aryl methyl sites for hydroxylation is 1. The van der Waals surface area contributed by atoms with Gasteiger partial charge in [-0.05, 0) is 30.5 Å². The number of carbonyl (C=O) groups is 1. The monoisotopic (exact) mass is 277 g/mol. The quantitative estimate of drug-likeness (QED) is 0.938. The van der Waals surface area contributed by atoms with Crippen LogP contribution in [0.15, 0.2) is 24.3 Å². The van der Waals surface area contributed by atoms with E-state index in [0.717, 1.165) is 27.6 Å². The molecule has 1 atom stereocenters. The number of benzene rings is 1. The van der Waals surface area contributed by atoms with Crippen LogP contribution in [0.5, 0.6) is 0 Å². The van der Waals surface area contributed by atoms with Gasteiger partial charge in [0.15, 0.2) is 0 Å². The van der Waals surface area contributed by atoms with E-state index in [-0.39, 0.29) is 5.82 Å². The van der Waals surface area contributed by atoms with E-state index in [1.807, 2.05) is 0 Å². The van der Waals surface area contributed by atoms with Crippen LogP contribution in [0.2, 0.25) is 0 Å². The molecule has 1 unspecified atom stereocenters. The third-order valence-electron chi connectivity index (χ3n) is 3.33. The average molecular weight is 277 g/mol. The molecule has 0 aliphatic heterocycles. The molecule has 5 heteroatoms. The predicted octanol–water partition coefficient (Wildman–Crippen LogP) is 2.99. The van der Waals surface area contributed by atoms with Crippen molar-refractivity contribution in [1.82, 2.24) is 4.98 Å². The lowest BCUT2D eigenvalue weighted by atomic mass is 10.1. The van der Waals surface area contributed by atoms with Crippen molar-refractivity contribution in [3.8, 4) is 0 Å². The highest BCUT2D eigenvalue weighted by Crippen LogP contribution is 2.37. The molecule has 0 radical (unpaired) electrons. The fourth-order valence-electron chi connectivity index (χ4n) is 2.37. The van der Waals surface area contributed by atoms with E-state index in [1.165, 1.54) is 12.1 Å². The fourth-order valence-corrected chi connectivity index (χ4v) is 3.55. The van der Waals surface area contributed by atoms with E-state index in [1.54, 1.807) is 23.5 Å². The summed E-state index contributed by atoms with van der Waals surface area (Å²) in [7, 11) is 0. The maximum atomic E-state index is 12.8. The second kappa shape index (κ2) is 4.74. The highest BCUT2D eigenvalue weighted by Gasteiger charge is 2.32. The molecule has 3 rings (SSSR count). The number of aliphatic carboxylic acids is 1. The third-order valence-corrected chi connectivity index (χ3v) is 4.46. The van der Waals surface area contributed by atoms with Gasteiger partial charge in [-0.3, -0.25) is 4.79 Å². The number of hydrogen-bond donors (Lipinski definition) is 1. The summed E-state index contributed by atoms with van der Waals surface area (Å²) in [5.74, 6) is -1.50. The Bertz CT molecular complexity index is 621. The van der Waals surface area contributed by atoms with Gasteiger partial charge in [0, 0.05) is 11.3 Å². The Morgan fingerprint density at radius 2 is 2.16 bits per heavy atom. The number of hydrogen-bond acceptors (Lipinski definition) is 3. The largest absolute Gasteiger partial charge is 0.481 e. The van der Waals surface area contributed by atoms with E-state index in [9.17, 15) is 9.18 Å². The smallest absolute Gasteiger partial charge is 0.312 e. The first-order valence-corrected chi connectivity index (χ1v) is 6.91. The Balaban J connectivity index is 1.82. The molecule has 0 bridgehead atoms. The lowest BCUT2D eigenvalue weighted by Crippen LogP contribution is -2.08. The van der Waals surface area contributed by atoms with Crippen molar-refractivity contribution in [3.63, 3.8) is 0 Å². The zero-order valence-electron chi connectivity index (χ0n) is 10.1. The van der Waals surface area contributed by atoms with E-state index in [0.29, 0.717) is 12.8 Å². The molecule has 1 N–H and O–H groups in total. The minimum Gasteiger partial charge on any atom is -0.481 e. The van der Waals surface area contributed by atoms with Crippen LogP contribution < -0.4 is 0 Å². The number of thiazole rings is 1. The lowest BCUT2D eigenvalue weighted by molar-refractivity contribution is -0.138. The van der Waals surface area contributed by atoms with Crippen LogP contribution in [0.25, 0.3) is 0 Å². The van der Waals surface area contributed by atoms with Gasteiger partial charge in [0.2, 0.25) is 0 Å². The van der Waals surface area contributed by atoms with Gasteiger partial charge in [0.25, 0.3) is 0 Å². The highest BCUT2D eigenvalue weighted by atomic mass is 32.1. The average Bonchev–Trinajstić information content (AvgIpc) is 2.91. The number of carboxylic acids is 1. The molecule has 0 spiro atoms. The van der Waals surface area contributed by atoms with Crippen LogP contribution in [0.1, 0.15) is 33.5 Å². The molecule has 1 heterocycles. The first-order valence-electron chi connectivity index (χ1n) is 6.09. The number of nitrogens with zero attached hydrogens (tertiary/aromatic N) is 1. The van der Waals surface area contributed by atoms with Crippen molar-refractivity contribution in [2.24, 2.45) is 0 Å². The zero-order valence-corrected chi connectivity index (χ0v) is 10.9. The zero-order chi connectivity index (χ0) is 13.4. The van der Waals surface area contributed by atoms with Gasteiger partial charge in [-0.15, -0.1) is 11.3 Å². The molecule has 98 valence electrons. The molecule has 0 saturated heterocycles. The second-order valence-corrected chi connectivity index (χ2v) is 5.82. The maximum Gasteiger partial charge on any atom is 0.312 e. The first-order chi connectivity index (χ1) is 9.13. The van der Waals surface area contributed by atoms with Gasteiger partial charge in [0.05, 0.1) is 10.7 Å². The van der Waals surface area contributed by atoms with Crippen molar-refractivity contribution >= 4 is 17.3 Å². The van der Waals surface area contributed by atoms with Crippen LogP contribution in [0.4, 0.5) is 4.39 Å². The van der Waals surface area contributed by atoms with Crippen LogP contribution in [0.3, 0.4) is 0 Å². The van der Waals surface area contributed by atoms with E-state index in [4.69, 9.17) is 5.11 Å². The Morgan fingerprint density at radius 3 is 2.84 bits per heavy atom. The molecular weight excluding hydrogens is 265 g/mol. The Hall–Kier alpha value is -1.75. The number of carboxylic acid groups (broad SMARTS) is 1. The molecular formula is C14H12FNO2S. The predicted molar refractivity (Wildman–Crippen MR) is 70.0 cm³/mol. The van der Waals surface area contributed by atoms with Gasteiger partial charge in [0.1, 0.15) is 11.7 Å². The number of aromatic nitrogens is 1. The van der Waals surface area contributed by atoms with E-state index in [2.05, 4.69) is 4.98 Å². The van der Waals surface area contributed by atoms with Crippen LogP contribution >= 0.6 is 11.3 Å². The van der Waals surface area contributed by atoms with Gasteiger partial charge >= 0.3 is 5.97 Å². The minimum atomic E-state index is -0.794. The molecule has 0 fully saturated rings. The van der Waals surface area contributed by atoms with Crippen molar-refractivity contribution in [2.45, 2.75) is 25.2 Å². The molecule has 1 aliphatic rings. The summed E-state index contributed by atoms with van der Waals surface area (Å²) in [4.78, 5) is 16.6. The normalized spacial score (nSPS) is 17.4. The topological polar surface area (TPSA) is 50.2 Å². The Labute approximate surface area is 113 Å². The number of halogens is 1. The molecule has 19 heavy (non-hydrogen) atoms.